The first kappa shape index (κ1) is 30.3. The molecule has 1 unspecified atom stereocenters. The maximum atomic E-state index is 14.0. The van der Waals surface area contributed by atoms with Crippen LogP contribution in [0.3, 0.4) is 0 Å². The third kappa shape index (κ3) is 8.14. The van der Waals surface area contributed by atoms with Crippen LogP contribution in [0.5, 0.6) is 0 Å². The highest BCUT2D eigenvalue weighted by Crippen LogP contribution is 2.32. The summed E-state index contributed by atoms with van der Waals surface area (Å²) in [6, 6.07) is 3.50. The number of alkyl carbamates (subject to hydrolysis) is 1. The van der Waals surface area contributed by atoms with Crippen LogP contribution in [-0.4, -0.2) is 66.7 Å². The summed E-state index contributed by atoms with van der Waals surface area (Å²) in [5.41, 5.74) is 0.425. The van der Waals surface area contributed by atoms with Crippen LogP contribution in [-0.2, 0) is 20.9 Å². The van der Waals surface area contributed by atoms with E-state index in [-0.39, 0.29) is 35.7 Å². The lowest BCUT2D eigenvalue weighted by molar-refractivity contribution is -0.142. The number of likely N-dealkylation sites (tertiary alicyclic amines) is 1. The lowest BCUT2D eigenvalue weighted by Crippen LogP contribution is -2.56. The van der Waals surface area contributed by atoms with E-state index in [0.717, 1.165) is 5.56 Å². The Morgan fingerprint density at radius 3 is 2.44 bits per heavy atom. The Bertz CT molecular complexity index is 1170. The minimum absolute atomic E-state index is 0.0875. The van der Waals surface area contributed by atoms with E-state index in [2.05, 4.69) is 26.2 Å². The Hall–Kier alpha value is -3.21. The van der Waals surface area contributed by atoms with Crippen molar-refractivity contribution < 1.29 is 19.1 Å². The monoisotopic (exact) mass is 561 g/mol. The molecule has 1 aliphatic heterocycles. The highest BCUT2D eigenvalue weighted by Gasteiger charge is 2.45. The molecule has 1 saturated heterocycles. The van der Waals surface area contributed by atoms with E-state index < -0.39 is 23.8 Å². The number of hydrogen-bond acceptors (Lipinski definition) is 7. The molecule has 0 spiro atoms. The van der Waals surface area contributed by atoms with Crippen LogP contribution in [0.4, 0.5) is 4.79 Å². The zero-order valence-corrected chi connectivity index (χ0v) is 24.7. The SMILES string of the molecule is CC1[C@@H](C)C[C@@H](C(=O)NCc2cc(Cl)ccc2-n2cnnn2)N1C(=O)[C@@H](CC(C)(C)C)NC(=O)OC(C)(C)C. The molecule has 0 radical (unpaired) electrons. The van der Waals surface area contributed by atoms with Crippen molar-refractivity contribution in [1.29, 1.82) is 0 Å². The van der Waals surface area contributed by atoms with Gasteiger partial charge in [-0.05, 0) is 86.1 Å². The summed E-state index contributed by atoms with van der Waals surface area (Å²) in [5.74, 6) is -0.497. The molecule has 1 fully saturated rings. The van der Waals surface area contributed by atoms with E-state index >= 15 is 0 Å². The van der Waals surface area contributed by atoms with Gasteiger partial charge in [-0.25, -0.2) is 9.48 Å². The number of aromatic nitrogens is 4. The van der Waals surface area contributed by atoms with Crippen molar-refractivity contribution in [2.75, 3.05) is 0 Å². The summed E-state index contributed by atoms with van der Waals surface area (Å²) < 4.78 is 6.92. The first-order chi connectivity index (χ1) is 18.1. The van der Waals surface area contributed by atoms with Crippen molar-refractivity contribution >= 4 is 29.5 Å². The van der Waals surface area contributed by atoms with Gasteiger partial charge in [0.05, 0.1) is 5.69 Å². The van der Waals surface area contributed by atoms with Crippen molar-refractivity contribution in [3.63, 3.8) is 0 Å². The number of tetrazole rings is 1. The van der Waals surface area contributed by atoms with Gasteiger partial charge in [-0.2, -0.15) is 0 Å². The van der Waals surface area contributed by atoms with Crippen molar-refractivity contribution in [3.8, 4) is 5.69 Å². The van der Waals surface area contributed by atoms with Crippen molar-refractivity contribution in [3.05, 3.63) is 35.1 Å². The van der Waals surface area contributed by atoms with Crippen LogP contribution >= 0.6 is 11.6 Å². The fourth-order valence-corrected chi connectivity index (χ4v) is 4.94. The van der Waals surface area contributed by atoms with Crippen LogP contribution < -0.4 is 10.6 Å². The number of carbonyl (C=O) groups excluding carboxylic acids is 3. The van der Waals surface area contributed by atoms with Gasteiger partial charge in [0.15, 0.2) is 0 Å². The summed E-state index contributed by atoms with van der Waals surface area (Å²) in [4.78, 5) is 41.7. The maximum Gasteiger partial charge on any atom is 0.408 e. The number of benzene rings is 1. The van der Waals surface area contributed by atoms with Crippen LogP contribution in [0.1, 0.15) is 73.8 Å². The van der Waals surface area contributed by atoms with Crippen LogP contribution in [0.25, 0.3) is 5.69 Å². The lowest BCUT2D eigenvalue weighted by atomic mass is 9.87. The third-order valence-corrected chi connectivity index (χ3v) is 6.88. The van der Waals surface area contributed by atoms with Crippen LogP contribution in [0, 0.1) is 11.3 Å². The molecule has 2 N–H and O–H groups in total. The minimum Gasteiger partial charge on any atom is -0.444 e. The molecule has 0 saturated carbocycles. The molecular weight excluding hydrogens is 522 g/mol. The smallest absolute Gasteiger partial charge is 0.408 e. The van der Waals surface area contributed by atoms with Gasteiger partial charge in [-0.1, -0.05) is 39.3 Å². The van der Waals surface area contributed by atoms with Gasteiger partial charge in [-0.15, -0.1) is 5.10 Å². The molecular formula is C27H40ClN7O4. The van der Waals surface area contributed by atoms with Crippen molar-refractivity contribution in [2.45, 2.75) is 98.5 Å². The van der Waals surface area contributed by atoms with Crippen LogP contribution in [0.2, 0.25) is 5.02 Å². The lowest BCUT2D eigenvalue weighted by Gasteiger charge is -2.35. The van der Waals surface area contributed by atoms with E-state index in [1.165, 1.54) is 11.0 Å². The predicted molar refractivity (Wildman–Crippen MR) is 147 cm³/mol. The van der Waals surface area contributed by atoms with Crippen LogP contribution in [0.15, 0.2) is 24.5 Å². The molecule has 12 heteroatoms. The van der Waals surface area contributed by atoms with Gasteiger partial charge in [-0.3, -0.25) is 9.59 Å². The summed E-state index contributed by atoms with van der Waals surface area (Å²) in [7, 11) is 0. The Balaban J connectivity index is 1.81. The Morgan fingerprint density at radius 2 is 1.85 bits per heavy atom. The number of nitrogens with zero attached hydrogens (tertiary/aromatic N) is 5. The molecule has 11 nitrogen and oxygen atoms in total. The van der Waals surface area contributed by atoms with E-state index in [4.69, 9.17) is 16.3 Å². The molecule has 1 aromatic heterocycles. The van der Waals surface area contributed by atoms with E-state index in [0.29, 0.717) is 23.6 Å². The molecule has 0 aliphatic carbocycles. The second kappa shape index (κ2) is 11.9. The molecule has 3 amide bonds. The van der Waals surface area contributed by atoms with Gasteiger partial charge in [0.25, 0.3) is 0 Å². The first-order valence-corrected chi connectivity index (χ1v) is 13.5. The number of ether oxygens (including phenoxy) is 1. The maximum absolute atomic E-state index is 14.0. The fourth-order valence-electron chi connectivity index (χ4n) is 4.74. The minimum atomic E-state index is -0.845. The molecule has 3 rings (SSSR count). The fraction of sp³-hybridized carbons (Fsp3) is 0.630. The summed E-state index contributed by atoms with van der Waals surface area (Å²) in [6.45, 7) is 15.4. The van der Waals surface area contributed by atoms with Crippen molar-refractivity contribution in [1.82, 2.24) is 35.7 Å². The Kier molecular flexibility index (Phi) is 9.25. The number of hydrogen-bond donors (Lipinski definition) is 2. The average molecular weight is 562 g/mol. The summed E-state index contributed by atoms with van der Waals surface area (Å²) >= 11 is 6.22. The molecule has 2 heterocycles. The van der Waals surface area contributed by atoms with Gasteiger partial charge in [0.1, 0.15) is 24.0 Å². The largest absolute Gasteiger partial charge is 0.444 e. The molecule has 214 valence electrons. The average Bonchev–Trinajstić information content (AvgIpc) is 3.43. The second-order valence-electron chi connectivity index (χ2n) is 12.4. The number of nitrogens with one attached hydrogen (secondary N) is 2. The highest BCUT2D eigenvalue weighted by molar-refractivity contribution is 6.30. The number of amides is 3. The quantitative estimate of drug-likeness (QED) is 0.524. The normalized spacial score (nSPS) is 20.4. The Labute approximate surface area is 235 Å². The van der Waals surface area contributed by atoms with E-state index in [9.17, 15) is 14.4 Å². The molecule has 4 atom stereocenters. The van der Waals surface area contributed by atoms with Gasteiger partial charge < -0.3 is 20.3 Å². The standard InChI is InChI=1S/C27H40ClN7O4/c1-16-11-22(23(36)29-14-18-12-19(28)9-10-21(18)34-15-30-32-33-34)35(17(16)2)24(37)20(13-26(3,4)5)31-25(38)39-27(6,7)8/h9-10,12,15-17,20,22H,11,13-14H2,1-8H3,(H,29,36)(H,31,38)/t16-,17?,20+,22-/m0/s1. The molecule has 0 bridgehead atoms. The third-order valence-electron chi connectivity index (χ3n) is 6.65. The summed E-state index contributed by atoms with van der Waals surface area (Å²) in [6.07, 6.45) is 1.68. The topological polar surface area (TPSA) is 131 Å². The van der Waals surface area contributed by atoms with Gasteiger partial charge >= 0.3 is 6.09 Å². The number of rotatable bonds is 7. The summed E-state index contributed by atoms with van der Waals surface area (Å²) in [5, 5.41) is 17.5. The molecule has 2 aromatic rings. The van der Waals surface area contributed by atoms with Crippen molar-refractivity contribution in [2.24, 2.45) is 11.3 Å². The molecule has 39 heavy (non-hydrogen) atoms. The zero-order chi connectivity index (χ0) is 29.1. The van der Waals surface area contributed by atoms with Gasteiger partial charge in [0, 0.05) is 17.6 Å². The zero-order valence-electron chi connectivity index (χ0n) is 24.0. The molecule has 1 aromatic carbocycles. The molecule has 1 aliphatic rings. The number of carbonyl (C=O) groups is 3. The Morgan fingerprint density at radius 1 is 1.15 bits per heavy atom. The second-order valence-corrected chi connectivity index (χ2v) is 12.9. The van der Waals surface area contributed by atoms with E-state index in [1.54, 1.807) is 43.9 Å². The van der Waals surface area contributed by atoms with Gasteiger partial charge in [0.2, 0.25) is 11.8 Å². The predicted octanol–water partition coefficient (Wildman–Crippen LogP) is 3.89. The highest BCUT2D eigenvalue weighted by atomic mass is 35.5. The van der Waals surface area contributed by atoms with E-state index in [1.807, 2.05) is 34.6 Å². The number of halogens is 1. The first-order valence-electron chi connectivity index (χ1n) is 13.2.